The molecule has 438 valence electrons. The smallest absolute Gasteiger partial charge is 0.337 e. The molecule has 2 aliphatic heterocycles. The number of rotatable bonds is 16. The van der Waals surface area contributed by atoms with Crippen molar-refractivity contribution in [3.8, 4) is 21.4 Å². The molecule has 1 saturated carbocycles. The Bertz CT molecular complexity index is 3670. The molecule has 2 saturated heterocycles. The van der Waals surface area contributed by atoms with Crippen molar-refractivity contribution in [2.75, 3.05) is 36.0 Å². The van der Waals surface area contributed by atoms with Crippen LogP contribution in [0.15, 0.2) is 85.7 Å². The molecule has 2 aromatic carbocycles. The molecular weight excluding hydrogens is 1090 g/mol. The topological polar surface area (TPSA) is 186 Å². The molecule has 83 heavy (non-hydrogen) atoms. The molecule has 16 nitrogen and oxygen atoms in total. The van der Waals surface area contributed by atoms with Crippen molar-refractivity contribution >= 4 is 57.5 Å². The van der Waals surface area contributed by atoms with Gasteiger partial charge >= 0.3 is 11.9 Å². The maximum absolute atomic E-state index is 13.4. The van der Waals surface area contributed by atoms with Crippen LogP contribution in [0.5, 0.6) is 0 Å². The van der Waals surface area contributed by atoms with E-state index in [1.807, 2.05) is 86.0 Å². The largest absolute Gasteiger partial charge is 0.479 e. The van der Waals surface area contributed by atoms with Crippen molar-refractivity contribution in [2.45, 2.75) is 144 Å². The minimum absolute atomic E-state index is 0.0169. The first-order valence-electron chi connectivity index (χ1n) is 28.4. The Balaban J connectivity index is 0.000000185. The minimum atomic E-state index is -1.22. The van der Waals surface area contributed by atoms with E-state index in [4.69, 9.17) is 29.6 Å². The van der Waals surface area contributed by atoms with Gasteiger partial charge in [-0.25, -0.2) is 38.3 Å². The molecule has 0 radical (unpaired) electrons. The fourth-order valence-corrected chi connectivity index (χ4v) is 13.1. The molecule has 11 rings (SSSR count). The standard InChI is InChI=1S/C32H38FN5O3S.C31H36FN5O3S/c1-19-26(27(30(39)40)41-31(2,3)4)29(37-14-12-32(5,13-15-37)21-8-9-21)38-25(35-19)17-24(36-38)28-34-18-23(42-28)16-20-6-10-22(33)11-7-20;1-7-31(6)12-14-36(15-13-31)28-25(26(29(38)39)40-30(3,4)5)19(2)34-24-17-23(35-37(24)28)27-33-18-22(41-27)16-20-8-10-21(32)11-9-20/h6-7,10-11,17-18,21,27H,8-9,12-16H2,1-5H3,(H,39,40);7-11,17-18,26H,1,12-16H2,2-6H3,(H,38,39)/t27-;26-/m00/s1. The Hall–Kier alpha value is -7.00. The summed E-state index contributed by atoms with van der Waals surface area (Å²) in [6.45, 7) is 26.5. The lowest BCUT2D eigenvalue weighted by molar-refractivity contribution is -0.161. The fourth-order valence-electron chi connectivity index (χ4n) is 11.3. The Morgan fingerprint density at radius 3 is 1.41 bits per heavy atom. The number of aryl methyl sites for hydroxylation is 2. The van der Waals surface area contributed by atoms with Crippen molar-refractivity contribution in [3.05, 3.63) is 141 Å². The number of hydrogen-bond donors (Lipinski definition) is 2. The first-order chi connectivity index (χ1) is 39.3. The van der Waals surface area contributed by atoms with Crippen LogP contribution in [0.1, 0.15) is 150 Å². The van der Waals surface area contributed by atoms with Crippen molar-refractivity contribution in [2.24, 2.45) is 16.7 Å². The van der Waals surface area contributed by atoms with Crippen LogP contribution in [0.3, 0.4) is 0 Å². The number of carbonyl (C=O) groups is 2. The lowest BCUT2D eigenvalue weighted by Gasteiger charge is -2.42. The summed E-state index contributed by atoms with van der Waals surface area (Å²) in [5.74, 6) is -0.424. The predicted molar refractivity (Wildman–Crippen MR) is 321 cm³/mol. The Morgan fingerprint density at radius 1 is 0.675 bits per heavy atom. The van der Waals surface area contributed by atoms with E-state index in [0.717, 1.165) is 81.4 Å². The summed E-state index contributed by atoms with van der Waals surface area (Å²) in [5.41, 5.74) is 5.83. The van der Waals surface area contributed by atoms with E-state index in [1.165, 1.54) is 59.8 Å². The van der Waals surface area contributed by atoms with E-state index in [2.05, 4.69) is 40.2 Å². The summed E-state index contributed by atoms with van der Waals surface area (Å²) in [4.78, 5) is 50.7. The van der Waals surface area contributed by atoms with Crippen LogP contribution in [-0.2, 0) is 31.9 Å². The van der Waals surface area contributed by atoms with E-state index in [0.29, 0.717) is 82.4 Å². The second-order valence-electron chi connectivity index (χ2n) is 25.0. The molecule has 20 heteroatoms. The first kappa shape index (κ1) is 59.2. The van der Waals surface area contributed by atoms with E-state index in [9.17, 15) is 28.6 Å². The highest BCUT2D eigenvalue weighted by atomic mass is 32.1. The number of nitrogens with zero attached hydrogens (tertiary/aromatic N) is 10. The predicted octanol–water partition coefficient (Wildman–Crippen LogP) is 13.5. The molecule has 3 fully saturated rings. The minimum Gasteiger partial charge on any atom is -0.479 e. The number of aliphatic carboxylic acids is 2. The number of piperidine rings is 2. The van der Waals surface area contributed by atoms with Gasteiger partial charge in [0.15, 0.2) is 23.5 Å². The van der Waals surface area contributed by atoms with Crippen LogP contribution in [0.25, 0.3) is 32.7 Å². The van der Waals surface area contributed by atoms with Crippen LogP contribution in [0.4, 0.5) is 20.4 Å². The molecular formula is C63H74F2N10O6S2. The molecule has 0 amide bonds. The molecule has 6 aromatic heterocycles. The lowest BCUT2D eigenvalue weighted by Crippen LogP contribution is -2.42. The van der Waals surface area contributed by atoms with Gasteiger partial charge in [0, 0.05) is 84.7 Å². The number of anilines is 2. The maximum Gasteiger partial charge on any atom is 0.337 e. The summed E-state index contributed by atoms with van der Waals surface area (Å²) in [6, 6.07) is 16.8. The second-order valence-corrected chi connectivity index (χ2v) is 27.2. The van der Waals surface area contributed by atoms with E-state index in [1.54, 1.807) is 33.3 Å². The van der Waals surface area contributed by atoms with Gasteiger partial charge in [-0.15, -0.1) is 29.3 Å². The number of halogens is 2. The third-order valence-corrected chi connectivity index (χ3v) is 18.2. The molecule has 0 unspecified atom stereocenters. The van der Waals surface area contributed by atoms with Gasteiger partial charge in [0.25, 0.3) is 0 Å². The fraction of sp³-hybridized carbons (Fsp3) is 0.460. The second kappa shape index (κ2) is 23.2. The molecule has 1 aliphatic carbocycles. The summed E-state index contributed by atoms with van der Waals surface area (Å²) in [5, 5.41) is 32.1. The summed E-state index contributed by atoms with van der Waals surface area (Å²) < 4.78 is 42.5. The molecule has 0 bridgehead atoms. The maximum atomic E-state index is 13.4. The van der Waals surface area contributed by atoms with Gasteiger partial charge in [0.1, 0.15) is 44.7 Å². The van der Waals surface area contributed by atoms with Crippen molar-refractivity contribution in [1.82, 2.24) is 39.2 Å². The highest BCUT2D eigenvalue weighted by Crippen LogP contribution is 2.52. The number of benzene rings is 2. The number of hydrogen-bond acceptors (Lipinski definition) is 14. The van der Waals surface area contributed by atoms with Crippen LogP contribution in [-0.4, -0.2) is 98.7 Å². The molecule has 8 aromatic rings. The normalized spacial score (nSPS) is 17.1. The number of aromatic nitrogens is 8. The van der Waals surface area contributed by atoms with Crippen LogP contribution in [0.2, 0.25) is 0 Å². The van der Waals surface area contributed by atoms with Crippen LogP contribution >= 0.6 is 22.7 Å². The number of ether oxygens (including phenoxy) is 2. The van der Waals surface area contributed by atoms with Crippen molar-refractivity contribution < 1.29 is 38.1 Å². The van der Waals surface area contributed by atoms with Crippen molar-refractivity contribution in [3.63, 3.8) is 0 Å². The van der Waals surface area contributed by atoms with E-state index in [-0.39, 0.29) is 17.0 Å². The average molecular weight is 1170 g/mol. The monoisotopic (exact) mass is 1170 g/mol. The third-order valence-electron chi connectivity index (χ3n) is 16.1. The van der Waals surface area contributed by atoms with Gasteiger partial charge < -0.3 is 29.5 Å². The zero-order valence-electron chi connectivity index (χ0n) is 49.0. The number of carboxylic acids is 2. The van der Waals surface area contributed by atoms with E-state index >= 15 is 0 Å². The highest BCUT2D eigenvalue weighted by Gasteiger charge is 2.45. The quantitative estimate of drug-likeness (QED) is 0.0870. The molecule has 0 spiro atoms. The van der Waals surface area contributed by atoms with Crippen LogP contribution < -0.4 is 9.80 Å². The molecule has 2 N–H and O–H groups in total. The SMILES string of the molecule is C=CC1(C)CCN(c2c([C@H](OC(C)(C)C)C(=O)O)c(C)nc3cc(-c4ncc(Cc5ccc(F)cc5)s4)nn23)CC1.Cc1nc2cc(-c3ncc(Cc4ccc(F)cc4)s3)nn2c(N2CCC(C)(C3CC3)CC2)c1[C@H](OC(C)(C)C)C(=O)O. The van der Waals surface area contributed by atoms with Gasteiger partial charge in [-0.1, -0.05) is 44.2 Å². The Kier molecular flexibility index (Phi) is 16.6. The first-order valence-corrected chi connectivity index (χ1v) is 30.0. The van der Waals surface area contributed by atoms with E-state index < -0.39 is 35.3 Å². The molecule has 3 aliphatic rings. The number of thiazole rings is 2. The van der Waals surface area contributed by atoms with Gasteiger partial charge in [-0.2, -0.15) is 19.2 Å². The molecule has 2 atom stereocenters. The van der Waals surface area contributed by atoms with Crippen molar-refractivity contribution in [1.29, 1.82) is 0 Å². The Labute approximate surface area is 491 Å². The van der Waals surface area contributed by atoms with Gasteiger partial charge in [0.2, 0.25) is 0 Å². The molecule has 8 heterocycles. The number of carboxylic acid groups (broad SMARTS) is 2. The van der Waals surface area contributed by atoms with Gasteiger partial charge in [-0.05, 0) is 146 Å². The zero-order chi connectivity index (χ0) is 59.3. The lowest BCUT2D eigenvalue weighted by atomic mass is 9.76. The van der Waals surface area contributed by atoms with Gasteiger partial charge in [0.05, 0.1) is 22.3 Å². The van der Waals surface area contributed by atoms with Crippen LogP contribution in [0, 0.1) is 42.2 Å². The Morgan fingerprint density at radius 2 is 1.06 bits per heavy atom. The number of allylic oxidation sites excluding steroid dienone is 1. The average Bonchev–Trinajstić information content (AvgIpc) is 2.96. The zero-order valence-corrected chi connectivity index (χ0v) is 50.6. The summed E-state index contributed by atoms with van der Waals surface area (Å²) in [7, 11) is 0. The summed E-state index contributed by atoms with van der Waals surface area (Å²) >= 11 is 3.06. The van der Waals surface area contributed by atoms with Gasteiger partial charge in [-0.3, -0.25) is 0 Å². The third kappa shape index (κ3) is 13.4. The number of fused-ring (bicyclic) bond motifs is 2. The summed E-state index contributed by atoms with van der Waals surface area (Å²) in [6.07, 6.45) is 11.0. The highest BCUT2D eigenvalue weighted by molar-refractivity contribution is 7.15.